The second-order valence-electron chi connectivity index (χ2n) is 6.31. The highest BCUT2D eigenvalue weighted by atomic mass is 35.5. The van der Waals surface area contributed by atoms with Gasteiger partial charge in [0, 0.05) is 13.1 Å². The van der Waals surface area contributed by atoms with Crippen LogP contribution < -0.4 is 16.9 Å². The summed E-state index contributed by atoms with van der Waals surface area (Å²) < 4.78 is 5.08. The number of hydrogen-bond acceptors (Lipinski definition) is 7. The van der Waals surface area contributed by atoms with E-state index in [2.05, 4.69) is 4.99 Å². The van der Waals surface area contributed by atoms with Crippen molar-refractivity contribution in [3.8, 4) is 0 Å². The van der Waals surface area contributed by atoms with Gasteiger partial charge in [-0.05, 0) is 38.5 Å². The molecule has 1 unspecified atom stereocenters. The molecule has 12 heteroatoms. The number of amides is 1. The minimum absolute atomic E-state index is 0. The smallest absolute Gasteiger partial charge is 0.328 e. The molecule has 5 N–H and O–H groups in total. The number of carbonyl (C=O) groups excluding carboxylic acids is 2. The number of nitrogens with one attached hydrogen (secondary N) is 1. The summed E-state index contributed by atoms with van der Waals surface area (Å²) in [4.78, 5) is 40.3. The lowest BCUT2D eigenvalue weighted by atomic mass is 9.91. The Morgan fingerprint density at radius 1 is 1.48 bits per heavy atom. The van der Waals surface area contributed by atoms with Gasteiger partial charge in [-0.2, -0.15) is 0 Å². The summed E-state index contributed by atoms with van der Waals surface area (Å²) in [6, 6.07) is -1.38. The molecule has 3 atom stereocenters. The lowest BCUT2D eigenvalue weighted by Crippen LogP contribution is -2.55. The number of hydrogen-bond donors (Lipinski definition) is 3. The fraction of sp³-hybridized carbons (Fsp3) is 0.800. The first-order chi connectivity index (χ1) is 12.3. The Bertz CT molecular complexity index is 547. The van der Waals surface area contributed by atoms with E-state index in [0.717, 1.165) is 6.42 Å². The zero-order chi connectivity index (χ0) is 19.7. The third kappa shape index (κ3) is 8.39. The Kier molecular flexibility index (Phi) is 11.3. The monoisotopic (exact) mass is 408 g/mol. The molecule has 0 aromatic heterocycles. The zero-order valence-corrected chi connectivity index (χ0v) is 16.4. The van der Waals surface area contributed by atoms with Crippen molar-refractivity contribution in [2.75, 3.05) is 19.7 Å². The molecule has 0 aromatic rings. The van der Waals surface area contributed by atoms with E-state index in [1.54, 1.807) is 12.3 Å². The number of piperidine rings is 1. The first-order valence-electron chi connectivity index (χ1n) is 8.69. The van der Waals surface area contributed by atoms with Crippen LogP contribution in [-0.4, -0.2) is 59.5 Å². The summed E-state index contributed by atoms with van der Waals surface area (Å²) in [5, 5.41) is 9.39. The van der Waals surface area contributed by atoms with Crippen LogP contribution in [0.15, 0.2) is 4.99 Å². The normalized spacial score (nSPS) is 21.0. The van der Waals surface area contributed by atoms with Gasteiger partial charge in [-0.25, -0.2) is 19.9 Å². The van der Waals surface area contributed by atoms with Crippen molar-refractivity contribution in [1.82, 2.24) is 10.3 Å². The van der Waals surface area contributed by atoms with Crippen LogP contribution >= 0.6 is 12.4 Å². The number of carbonyl (C=O) groups is 2. The van der Waals surface area contributed by atoms with E-state index < -0.39 is 23.1 Å². The predicted octanol–water partition coefficient (Wildman–Crippen LogP) is -0.198. The summed E-state index contributed by atoms with van der Waals surface area (Å²) in [6.45, 7) is 4.69. The molecule has 0 aliphatic carbocycles. The molecular weight excluding hydrogens is 380 g/mol. The van der Waals surface area contributed by atoms with Gasteiger partial charge in [0.05, 0.1) is 12.6 Å². The molecule has 1 rings (SSSR count). The van der Waals surface area contributed by atoms with Crippen LogP contribution in [-0.2, 0) is 14.3 Å². The molecule has 0 saturated carbocycles. The SMILES string of the molecule is CCOC(=O)C1C[C@H](C)CCN1C(=O)[C@@H](N)CCCN=C(N)N[N+](=O)[O-].Cl. The van der Waals surface area contributed by atoms with Crippen LogP contribution in [0.25, 0.3) is 0 Å². The number of nitrogens with zero attached hydrogens (tertiary/aromatic N) is 3. The van der Waals surface area contributed by atoms with E-state index in [1.165, 1.54) is 4.90 Å². The Balaban J connectivity index is 0.00000676. The molecule has 1 aliphatic rings. The van der Waals surface area contributed by atoms with E-state index in [1.807, 2.05) is 6.92 Å². The summed E-state index contributed by atoms with van der Waals surface area (Å²) in [5.74, 6) is -0.670. The van der Waals surface area contributed by atoms with Crippen molar-refractivity contribution in [3.05, 3.63) is 10.1 Å². The Labute approximate surface area is 164 Å². The minimum atomic E-state index is -0.805. The largest absolute Gasteiger partial charge is 0.464 e. The Hall–Kier alpha value is -2.14. The molecule has 1 heterocycles. The molecule has 0 radical (unpaired) electrons. The van der Waals surface area contributed by atoms with Crippen LogP contribution in [0.5, 0.6) is 0 Å². The number of halogens is 1. The maximum Gasteiger partial charge on any atom is 0.328 e. The summed E-state index contributed by atoms with van der Waals surface area (Å²) in [6.07, 6.45) is 2.13. The summed E-state index contributed by atoms with van der Waals surface area (Å²) in [7, 11) is 0. The number of guanidine groups is 1. The first kappa shape index (κ1) is 24.9. The van der Waals surface area contributed by atoms with Crippen molar-refractivity contribution >= 4 is 30.2 Å². The number of nitrogens with two attached hydrogens (primary N) is 2. The maximum atomic E-state index is 12.6. The third-order valence-corrected chi connectivity index (χ3v) is 4.18. The number of nitro groups is 1. The fourth-order valence-corrected chi connectivity index (χ4v) is 2.84. The second kappa shape index (κ2) is 12.3. The van der Waals surface area contributed by atoms with Gasteiger partial charge < -0.3 is 21.1 Å². The van der Waals surface area contributed by atoms with E-state index in [9.17, 15) is 19.7 Å². The predicted molar refractivity (Wildman–Crippen MR) is 102 cm³/mol. The van der Waals surface area contributed by atoms with E-state index in [0.29, 0.717) is 31.7 Å². The Morgan fingerprint density at radius 2 is 2.15 bits per heavy atom. The minimum Gasteiger partial charge on any atom is -0.464 e. The average Bonchev–Trinajstić information content (AvgIpc) is 2.57. The molecule has 1 fully saturated rings. The topological polar surface area (TPSA) is 166 Å². The molecule has 1 amide bonds. The van der Waals surface area contributed by atoms with Crippen molar-refractivity contribution in [1.29, 1.82) is 0 Å². The standard InChI is InChI=1S/C15H28N6O5.ClH/c1-3-26-14(23)12-9-10(2)6-8-20(12)13(22)11(16)5-4-7-18-15(17)19-21(24)25;/h10-12H,3-9,16H2,1-2H3,(H3,17,18,19);1H/t10-,11+,12?;/m1./s1. The highest BCUT2D eigenvalue weighted by Crippen LogP contribution is 2.24. The van der Waals surface area contributed by atoms with Crippen molar-refractivity contribution in [3.63, 3.8) is 0 Å². The average molecular weight is 409 g/mol. The van der Waals surface area contributed by atoms with Gasteiger partial charge in [0.15, 0.2) is 5.03 Å². The molecule has 156 valence electrons. The molecule has 0 aromatic carbocycles. The highest BCUT2D eigenvalue weighted by molar-refractivity contribution is 5.87. The molecule has 11 nitrogen and oxygen atoms in total. The number of hydrazine groups is 1. The summed E-state index contributed by atoms with van der Waals surface area (Å²) >= 11 is 0. The molecule has 0 spiro atoms. The first-order valence-corrected chi connectivity index (χ1v) is 8.69. The zero-order valence-electron chi connectivity index (χ0n) is 15.6. The Morgan fingerprint density at radius 3 is 2.74 bits per heavy atom. The molecule has 1 saturated heterocycles. The van der Waals surface area contributed by atoms with Gasteiger partial charge >= 0.3 is 5.97 Å². The quantitative estimate of drug-likeness (QED) is 0.124. The number of rotatable bonds is 8. The van der Waals surface area contributed by atoms with Gasteiger partial charge in [0.25, 0.3) is 5.96 Å². The maximum absolute atomic E-state index is 12.6. The van der Waals surface area contributed by atoms with E-state index in [-0.39, 0.29) is 37.4 Å². The van der Waals surface area contributed by atoms with Crippen LogP contribution in [0.4, 0.5) is 0 Å². The molecular formula is C15H29ClN6O5. The van der Waals surface area contributed by atoms with Gasteiger partial charge in [-0.1, -0.05) is 12.3 Å². The lowest BCUT2D eigenvalue weighted by Gasteiger charge is -2.38. The number of aliphatic imine (C=N–C) groups is 1. The van der Waals surface area contributed by atoms with Crippen LogP contribution in [0.2, 0.25) is 0 Å². The third-order valence-electron chi connectivity index (χ3n) is 4.18. The van der Waals surface area contributed by atoms with E-state index >= 15 is 0 Å². The van der Waals surface area contributed by atoms with Crippen LogP contribution in [0, 0.1) is 16.0 Å². The van der Waals surface area contributed by atoms with Crippen molar-refractivity contribution in [2.24, 2.45) is 22.4 Å². The molecule has 0 bridgehead atoms. The molecule has 27 heavy (non-hydrogen) atoms. The molecule has 1 aliphatic heterocycles. The lowest BCUT2D eigenvalue weighted by molar-refractivity contribution is -0.525. The number of esters is 1. The van der Waals surface area contributed by atoms with E-state index in [4.69, 9.17) is 16.2 Å². The van der Waals surface area contributed by atoms with Gasteiger partial charge in [-0.3, -0.25) is 4.79 Å². The van der Waals surface area contributed by atoms with Gasteiger partial charge in [0.2, 0.25) is 5.91 Å². The summed E-state index contributed by atoms with van der Waals surface area (Å²) in [5.41, 5.74) is 13.0. The van der Waals surface area contributed by atoms with Gasteiger partial charge in [0.1, 0.15) is 6.04 Å². The van der Waals surface area contributed by atoms with Gasteiger partial charge in [-0.15, -0.1) is 12.4 Å². The van der Waals surface area contributed by atoms with Crippen LogP contribution in [0.3, 0.4) is 0 Å². The van der Waals surface area contributed by atoms with Crippen molar-refractivity contribution in [2.45, 2.75) is 51.6 Å². The number of likely N-dealkylation sites (tertiary alicyclic amines) is 1. The number of ether oxygens (including phenoxy) is 1. The highest BCUT2D eigenvalue weighted by Gasteiger charge is 2.37. The fourth-order valence-electron chi connectivity index (χ4n) is 2.84. The van der Waals surface area contributed by atoms with Crippen molar-refractivity contribution < 1.29 is 19.4 Å². The van der Waals surface area contributed by atoms with Crippen LogP contribution in [0.1, 0.15) is 39.5 Å². The second-order valence-corrected chi connectivity index (χ2v) is 6.31.